The number of nitriles is 2. The molecular formula is C13H16BrN3. The molecule has 0 spiro atoms. The second-order valence-electron chi connectivity index (χ2n) is 4.14. The van der Waals surface area contributed by atoms with Crippen molar-refractivity contribution in [3.05, 3.63) is 21.3 Å². The van der Waals surface area contributed by atoms with Crippen LogP contribution in [-0.2, 0) is 0 Å². The molecule has 0 aromatic heterocycles. The summed E-state index contributed by atoms with van der Waals surface area (Å²) in [6.45, 7) is 6.04. The Morgan fingerprint density at radius 1 is 1.24 bits per heavy atom. The number of halogens is 1. The minimum atomic E-state index is 0.352. The highest BCUT2D eigenvalue weighted by atomic mass is 79.9. The van der Waals surface area contributed by atoms with Crippen LogP contribution in [0, 0.1) is 22.7 Å². The summed E-state index contributed by atoms with van der Waals surface area (Å²) >= 11 is 3.25. The van der Waals surface area contributed by atoms with Gasteiger partial charge in [-0.3, -0.25) is 0 Å². The van der Waals surface area contributed by atoms with Crippen molar-refractivity contribution < 1.29 is 0 Å². The van der Waals surface area contributed by atoms with E-state index in [1.807, 2.05) is 13.8 Å². The van der Waals surface area contributed by atoms with Gasteiger partial charge in [-0.05, 0) is 53.8 Å². The summed E-state index contributed by atoms with van der Waals surface area (Å²) < 4.78 is 0.515. The van der Waals surface area contributed by atoms with Crippen LogP contribution in [0.25, 0.3) is 0 Å². The van der Waals surface area contributed by atoms with E-state index in [4.69, 9.17) is 10.5 Å². The topological polar surface area (TPSA) is 50.8 Å². The second-order valence-corrected chi connectivity index (χ2v) is 4.94. The maximum atomic E-state index is 8.91. The maximum Gasteiger partial charge on any atom is 0.107 e. The summed E-state index contributed by atoms with van der Waals surface area (Å²) in [4.78, 5) is 2.30. The number of likely N-dealkylation sites (tertiary alicyclic amines) is 1. The van der Waals surface area contributed by atoms with E-state index in [0.29, 0.717) is 10.9 Å². The number of nitrogens with zero attached hydrogens (tertiary/aromatic N) is 3. The van der Waals surface area contributed by atoms with Crippen molar-refractivity contribution in [3.8, 4) is 12.1 Å². The molecule has 0 unspecified atom stereocenters. The third-order valence-corrected chi connectivity index (χ3v) is 3.93. The summed E-state index contributed by atoms with van der Waals surface area (Å²) in [6, 6.07) is 4.27. The highest BCUT2D eigenvalue weighted by Crippen LogP contribution is 2.27. The highest BCUT2D eigenvalue weighted by Gasteiger charge is 2.17. The number of hydrogen-bond donors (Lipinski definition) is 0. The summed E-state index contributed by atoms with van der Waals surface area (Å²) in [5, 5.41) is 17.8. The summed E-state index contributed by atoms with van der Waals surface area (Å²) in [7, 11) is 0. The molecule has 0 amide bonds. The molecular weight excluding hydrogens is 278 g/mol. The molecule has 0 bridgehead atoms. The lowest BCUT2D eigenvalue weighted by Crippen LogP contribution is -2.18. The van der Waals surface area contributed by atoms with Gasteiger partial charge in [0.05, 0.1) is 17.0 Å². The van der Waals surface area contributed by atoms with Gasteiger partial charge >= 0.3 is 0 Å². The van der Waals surface area contributed by atoms with Gasteiger partial charge in [0, 0.05) is 18.8 Å². The van der Waals surface area contributed by atoms with Crippen molar-refractivity contribution in [2.24, 2.45) is 0 Å². The molecule has 3 nitrogen and oxygen atoms in total. The molecule has 1 heterocycles. The normalized spacial score (nSPS) is 18.1. The Morgan fingerprint density at radius 2 is 1.82 bits per heavy atom. The van der Waals surface area contributed by atoms with Crippen molar-refractivity contribution in [1.29, 1.82) is 10.5 Å². The third-order valence-electron chi connectivity index (χ3n) is 3.15. The molecule has 17 heavy (non-hydrogen) atoms. The Hall–Kier alpha value is -1.26. The molecule has 1 fully saturated rings. The van der Waals surface area contributed by atoms with Crippen molar-refractivity contribution in [3.63, 3.8) is 0 Å². The summed E-state index contributed by atoms with van der Waals surface area (Å²) in [5.41, 5.74) is 2.98. The Labute approximate surface area is 111 Å². The minimum absolute atomic E-state index is 0.352. The van der Waals surface area contributed by atoms with Crippen LogP contribution in [0.4, 0.5) is 0 Å². The average Bonchev–Trinajstić information content (AvgIpc) is 2.87. The third kappa shape index (κ3) is 3.35. The van der Waals surface area contributed by atoms with E-state index in [1.54, 1.807) is 0 Å². The number of hydrogen-bond acceptors (Lipinski definition) is 3. The molecule has 4 heteroatoms. The first kappa shape index (κ1) is 13.8. The van der Waals surface area contributed by atoms with E-state index in [-0.39, 0.29) is 0 Å². The van der Waals surface area contributed by atoms with E-state index in [2.05, 4.69) is 33.0 Å². The van der Waals surface area contributed by atoms with Crippen LogP contribution in [0.15, 0.2) is 21.3 Å². The molecule has 0 saturated carbocycles. The fraction of sp³-hybridized carbons (Fsp3) is 0.538. The largest absolute Gasteiger partial charge is 0.375 e. The van der Waals surface area contributed by atoms with Gasteiger partial charge in [0.15, 0.2) is 0 Å². The molecule has 0 aromatic carbocycles. The SMILES string of the molecule is CC(=C(/Br)C#N)/C(CC#N)=C(\C)N1CCCC1. The van der Waals surface area contributed by atoms with Crippen molar-refractivity contribution in [2.75, 3.05) is 13.1 Å². The quantitative estimate of drug-likeness (QED) is 0.591. The van der Waals surface area contributed by atoms with Gasteiger partial charge in [-0.2, -0.15) is 10.5 Å². The minimum Gasteiger partial charge on any atom is -0.375 e. The Balaban J connectivity index is 3.12. The lowest BCUT2D eigenvalue weighted by molar-refractivity contribution is 0.422. The zero-order valence-electron chi connectivity index (χ0n) is 10.3. The predicted molar refractivity (Wildman–Crippen MR) is 71.0 cm³/mol. The van der Waals surface area contributed by atoms with Crippen molar-refractivity contribution in [2.45, 2.75) is 33.1 Å². The first-order chi connectivity index (χ1) is 8.11. The molecule has 0 atom stereocenters. The van der Waals surface area contributed by atoms with E-state index in [9.17, 15) is 0 Å². The van der Waals surface area contributed by atoms with Gasteiger partial charge in [-0.15, -0.1) is 0 Å². The standard InChI is InChI=1S/C13H16BrN3/c1-10(13(14)9-16)12(5-6-15)11(2)17-7-3-4-8-17/h3-5,7-8H2,1-2H3/b12-11+,13-10-. The highest BCUT2D eigenvalue weighted by molar-refractivity contribution is 9.12. The molecule has 0 aliphatic carbocycles. The fourth-order valence-electron chi connectivity index (χ4n) is 2.07. The first-order valence-corrected chi connectivity index (χ1v) is 6.49. The van der Waals surface area contributed by atoms with E-state index in [1.165, 1.54) is 12.8 Å². The van der Waals surface area contributed by atoms with Crippen LogP contribution < -0.4 is 0 Å². The molecule has 90 valence electrons. The van der Waals surface area contributed by atoms with Crippen molar-refractivity contribution in [1.82, 2.24) is 4.90 Å². The van der Waals surface area contributed by atoms with Crippen molar-refractivity contribution >= 4 is 15.9 Å². The molecule has 0 aromatic rings. The smallest absolute Gasteiger partial charge is 0.107 e. The Morgan fingerprint density at radius 3 is 2.29 bits per heavy atom. The molecule has 1 saturated heterocycles. The monoisotopic (exact) mass is 293 g/mol. The summed E-state index contributed by atoms with van der Waals surface area (Å²) in [5.74, 6) is 0. The van der Waals surface area contributed by atoms with E-state index >= 15 is 0 Å². The molecule has 1 aliphatic rings. The van der Waals surface area contributed by atoms with E-state index < -0.39 is 0 Å². The predicted octanol–water partition coefficient (Wildman–Crippen LogP) is 3.46. The van der Waals surface area contributed by atoms with Gasteiger partial charge in [0.25, 0.3) is 0 Å². The lowest BCUT2D eigenvalue weighted by Gasteiger charge is -2.22. The van der Waals surface area contributed by atoms with Gasteiger partial charge in [-0.25, -0.2) is 0 Å². The van der Waals surface area contributed by atoms with E-state index in [0.717, 1.165) is 29.9 Å². The molecule has 1 rings (SSSR count). The Kier molecular flexibility index (Phi) is 5.25. The fourth-order valence-corrected chi connectivity index (χ4v) is 2.31. The molecule has 0 N–H and O–H groups in total. The van der Waals surface area contributed by atoms with Crippen LogP contribution in [0.3, 0.4) is 0 Å². The molecule has 0 radical (unpaired) electrons. The number of rotatable bonds is 3. The number of allylic oxidation sites excluding steroid dienone is 4. The van der Waals surface area contributed by atoms with Crippen LogP contribution in [0.1, 0.15) is 33.1 Å². The Bertz CT molecular complexity index is 429. The first-order valence-electron chi connectivity index (χ1n) is 5.70. The zero-order valence-corrected chi connectivity index (χ0v) is 11.8. The van der Waals surface area contributed by atoms with Crippen LogP contribution in [-0.4, -0.2) is 18.0 Å². The van der Waals surface area contributed by atoms with Crippen LogP contribution >= 0.6 is 15.9 Å². The van der Waals surface area contributed by atoms with Gasteiger partial charge < -0.3 is 4.90 Å². The van der Waals surface area contributed by atoms with Crippen LogP contribution in [0.2, 0.25) is 0 Å². The average molecular weight is 294 g/mol. The van der Waals surface area contributed by atoms with Gasteiger partial charge in [0.1, 0.15) is 6.07 Å². The van der Waals surface area contributed by atoms with Gasteiger partial charge in [0.2, 0.25) is 0 Å². The maximum absolute atomic E-state index is 8.91. The zero-order chi connectivity index (χ0) is 12.8. The lowest BCUT2D eigenvalue weighted by atomic mass is 10.0. The van der Waals surface area contributed by atoms with Gasteiger partial charge in [-0.1, -0.05) is 0 Å². The molecule has 1 aliphatic heterocycles. The second kappa shape index (κ2) is 6.47. The van der Waals surface area contributed by atoms with Crippen LogP contribution in [0.5, 0.6) is 0 Å². The summed E-state index contributed by atoms with van der Waals surface area (Å²) in [6.07, 6.45) is 2.77.